The molecule has 0 bridgehead atoms. The van der Waals surface area contributed by atoms with Crippen LogP contribution in [0.3, 0.4) is 0 Å². The van der Waals surface area contributed by atoms with Gasteiger partial charge in [0.2, 0.25) is 0 Å². The molecule has 258 valence electrons. The second-order valence-corrected chi connectivity index (χ2v) is 13.3. The molecule has 0 saturated carbocycles. The van der Waals surface area contributed by atoms with E-state index < -0.39 is 23.5 Å². The van der Waals surface area contributed by atoms with E-state index in [0.717, 1.165) is 49.3 Å². The Morgan fingerprint density at radius 3 is 2.20 bits per heavy atom. The van der Waals surface area contributed by atoms with Gasteiger partial charge in [-0.25, -0.2) is 23.2 Å². The van der Waals surface area contributed by atoms with E-state index in [1.807, 2.05) is 50.2 Å². The molecule has 1 aromatic heterocycles. The van der Waals surface area contributed by atoms with Crippen LogP contribution in [0.1, 0.15) is 19.4 Å². The zero-order valence-corrected chi connectivity index (χ0v) is 28.3. The maximum Gasteiger partial charge on any atom is 0.325 e. The molecule has 0 spiro atoms. The maximum absolute atomic E-state index is 14.9. The van der Waals surface area contributed by atoms with Gasteiger partial charge in [-0.2, -0.15) is 17.7 Å². The Morgan fingerprint density at radius 1 is 0.959 bits per heavy atom. The van der Waals surface area contributed by atoms with E-state index in [1.54, 1.807) is 9.80 Å². The number of amides is 2. The molecule has 3 saturated heterocycles. The Bertz CT molecular complexity index is 1740. The summed E-state index contributed by atoms with van der Waals surface area (Å²) in [6.07, 6.45) is 2.11. The standard InChI is InChI=1S/C35H39F2N7O4S/c1-24(2)44-32(49)18-43(34(44)45)28-6-4-26(5-7-28)40-13-15-41(16-14-40)27-8-10-29(11-9-27)46-19-33-47-21-35(48-33,20-42-23-38-22-39-42)30-12-3-25(36)17-31(30)37/h3-12,17,22-24,32-33,49H,13-16,18-21H2,1-2H3/t32?,33-,35+/m0/s1. The molecular formula is C35H39F2N7O4S. The van der Waals surface area contributed by atoms with Crippen molar-refractivity contribution in [3.05, 3.63) is 96.6 Å². The average molecular weight is 692 g/mol. The van der Waals surface area contributed by atoms with Crippen molar-refractivity contribution in [2.45, 2.75) is 43.7 Å². The first-order chi connectivity index (χ1) is 23.7. The van der Waals surface area contributed by atoms with E-state index >= 15 is 0 Å². The van der Waals surface area contributed by atoms with Crippen molar-refractivity contribution in [1.82, 2.24) is 19.7 Å². The quantitative estimate of drug-likeness (QED) is 0.229. The van der Waals surface area contributed by atoms with Crippen LogP contribution in [0.5, 0.6) is 5.75 Å². The van der Waals surface area contributed by atoms with E-state index in [9.17, 15) is 13.6 Å². The Kier molecular flexibility index (Phi) is 9.36. The summed E-state index contributed by atoms with van der Waals surface area (Å²) in [5.41, 5.74) is 2.06. The van der Waals surface area contributed by atoms with Crippen LogP contribution >= 0.6 is 12.6 Å². The Balaban J connectivity index is 0.916. The van der Waals surface area contributed by atoms with Crippen LogP contribution in [-0.4, -0.2) is 89.3 Å². The fourth-order valence-electron chi connectivity index (χ4n) is 6.73. The molecule has 4 heterocycles. The lowest BCUT2D eigenvalue weighted by atomic mass is 9.94. The minimum absolute atomic E-state index is 0.00654. The fraction of sp³-hybridized carbons (Fsp3) is 0.400. The van der Waals surface area contributed by atoms with Crippen molar-refractivity contribution < 1.29 is 27.8 Å². The summed E-state index contributed by atoms with van der Waals surface area (Å²) in [7, 11) is 0. The van der Waals surface area contributed by atoms with Crippen molar-refractivity contribution >= 4 is 35.7 Å². The molecular weight excluding hydrogens is 652 g/mol. The van der Waals surface area contributed by atoms with Crippen molar-refractivity contribution in [1.29, 1.82) is 0 Å². The predicted octanol–water partition coefficient (Wildman–Crippen LogP) is 5.14. The van der Waals surface area contributed by atoms with Gasteiger partial charge in [-0.05, 0) is 68.4 Å². The van der Waals surface area contributed by atoms with E-state index in [2.05, 4.69) is 44.6 Å². The number of anilines is 3. The number of carbonyl (C=O) groups is 1. The summed E-state index contributed by atoms with van der Waals surface area (Å²) in [5, 5.41) is 4.01. The van der Waals surface area contributed by atoms with E-state index in [0.29, 0.717) is 12.3 Å². The van der Waals surface area contributed by atoms with Crippen LogP contribution < -0.4 is 19.4 Å². The van der Waals surface area contributed by atoms with Crippen molar-refractivity contribution in [2.24, 2.45) is 0 Å². The fourth-order valence-corrected chi connectivity index (χ4v) is 7.26. The monoisotopic (exact) mass is 691 g/mol. The van der Waals surface area contributed by atoms with Gasteiger partial charge in [0.1, 0.15) is 42.2 Å². The van der Waals surface area contributed by atoms with Gasteiger partial charge in [0.05, 0.1) is 25.1 Å². The minimum Gasteiger partial charge on any atom is -0.488 e. The molecule has 0 radical (unpaired) electrons. The molecule has 14 heteroatoms. The number of piperazine rings is 1. The van der Waals surface area contributed by atoms with E-state index in [1.165, 1.54) is 29.5 Å². The zero-order chi connectivity index (χ0) is 34.1. The number of nitrogens with zero attached hydrogens (tertiary/aromatic N) is 7. The molecule has 2 amide bonds. The van der Waals surface area contributed by atoms with Crippen LogP contribution in [0.2, 0.25) is 0 Å². The predicted molar refractivity (Wildman–Crippen MR) is 184 cm³/mol. The lowest BCUT2D eigenvalue weighted by Crippen LogP contribution is -2.46. The van der Waals surface area contributed by atoms with Gasteiger partial charge in [0.15, 0.2) is 6.29 Å². The Hall–Kier alpha value is -4.40. The highest BCUT2D eigenvalue weighted by Gasteiger charge is 2.46. The molecule has 3 aliphatic rings. The highest BCUT2D eigenvalue weighted by Crippen LogP contribution is 2.37. The van der Waals surface area contributed by atoms with Crippen molar-refractivity contribution in [3.8, 4) is 5.75 Å². The number of benzene rings is 3. The highest BCUT2D eigenvalue weighted by molar-refractivity contribution is 7.81. The van der Waals surface area contributed by atoms with Gasteiger partial charge in [-0.15, -0.1) is 0 Å². The summed E-state index contributed by atoms with van der Waals surface area (Å²) < 4.78 is 48.2. The number of ether oxygens (including phenoxy) is 3. The maximum atomic E-state index is 14.9. The second kappa shape index (κ2) is 13.8. The first-order valence-electron chi connectivity index (χ1n) is 16.4. The van der Waals surface area contributed by atoms with Crippen LogP contribution in [-0.2, 0) is 21.6 Å². The van der Waals surface area contributed by atoms with E-state index in [4.69, 9.17) is 14.2 Å². The van der Waals surface area contributed by atoms with Gasteiger partial charge < -0.3 is 28.9 Å². The van der Waals surface area contributed by atoms with Crippen LogP contribution in [0, 0.1) is 11.6 Å². The summed E-state index contributed by atoms with van der Waals surface area (Å²) in [6.45, 7) is 8.26. The SMILES string of the molecule is CC(C)N1C(=O)N(c2ccc(N3CCN(c4ccc(OC[C@H]5OC[C@](Cn6cncn6)(c6ccc(F)cc6F)O5)cc4)CC3)cc2)CC1S. The van der Waals surface area contributed by atoms with Crippen molar-refractivity contribution in [2.75, 3.05) is 60.6 Å². The molecule has 3 aliphatic heterocycles. The summed E-state index contributed by atoms with van der Waals surface area (Å²) in [6, 6.07) is 19.6. The number of hydrogen-bond donors (Lipinski definition) is 1. The molecule has 3 atom stereocenters. The summed E-state index contributed by atoms with van der Waals surface area (Å²) in [5.74, 6) is -0.747. The number of carbonyl (C=O) groups excluding carboxylic acids is 1. The lowest BCUT2D eigenvalue weighted by molar-refractivity contribution is -0.117. The number of urea groups is 1. The smallest absolute Gasteiger partial charge is 0.325 e. The lowest BCUT2D eigenvalue weighted by Gasteiger charge is -2.37. The third-order valence-corrected chi connectivity index (χ3v) is 9.65. The van der Waals surface area contributed by atoms with E-state index in [-0.39, 0.29) is 42.8 Å². The minimum atomic E-state index is -1.23. The van der Waals surface area contributed by atoms with Gasteiger partial charge >= 0.3 is 6.03 Å². The van der Waals surface area contributed by atoms with Crippen LogP contribution in [0.4, 0.5) is 30.6 Å². The van der Waals surface area contributed by atoms with Gasteiger partial charge in [0.25, 0.3) is 0 Å². The normalized spacial score (nSPS) is 22.9. The molecule has 7 rings (SSSR count). The average Bonchev–Trinajstić information content (AvgIpc) is 3.84. The molecule has 49 heavy (non-hydrogen) atoms. The summed E-state index contributed by atoms with van der Waals surface area (Å²) >= 11 is 4.62. The number of aromatic nitrogens is 3. The number of hydrogen-bond acceptors (Lipinski definition) is 9. The van der Waals surface area contributed by atoms with Gasteiger partial charge in [-0.1, -0.05) is 6.07 Å². The molecule has 3 aromatic carbocycles. The number of thiol groups is 1. The first-order valence-corrected chi connectivity index (χ1v) is 16.9. The highest BCUT2D eigenvalue weighted by atomic mass is 32.1. The van der Waals surface area contributed by atoms with Crippen LogP contribution in [0.15, 0.2) is 79.4 Å². The van der Waals surface area contributed by atoms with Crippen molar-refractivity contribution in [3.63, 3.8) is 0 Å². The molecule has 0 aliphatic carbocycles. The third-order valence-electron chi connectivity index (χ3n) is 9.23. The second-order valence-electron chi connectivity index (χ2n) is 12.7. The Labute approximate surface area is 289 Å². The van der Waals surface area contributed by atoms with Crippen LogP contribution in [0.25, 0.3) is 0 Å². The number of halogens is 2. The molecule has 3 fully saturated rings. The third kappa shape index (κ3) is 6.90. The first kappa shape index (κ1) is 33.1. The molecule has 4 aromatic rings. The Morgan fingerprint density at radius 2 is 1.61 bits per heavy atom. The number of rotatable bonds is 10. The van der Waals surface area contributed by atoms with Gasteiger partial charge in [-0.3, -0.25) is 4.90 Å². The topological polar surface area (TPSA) is 88.4 Å². The molecule has 0 N–H and O–H groups in total. The summed E-state index contributed by atoms with van der Waals surface area (Å²) in [4.78, 5) is 25.2. The molecule has 11 nitrogen and oxygen atoms in total. The van der Waals surface area contributed by atoms with Gasteiger partial charge in [0, 0.05) is 60.9 Å². The molecule has 1 unspecified atom stereocenters. The largest absolute Gasteiger partial charge is 0.488 e. The zero-order valence-electron chi connectivity index (χ0n) is 27.4.